The van der Waals surface area contributed by atoms with E-state index < -0.39 is 14.1 Å². The standard InChI is InChI=1S/C22H36N5O3Si/c1-10-14-17-18(26-19(23)25-14)27(13-24-17)22(31(8)9)11-15(29-21(5,6)7)16(30-22)12-28-20(2,3)4/h10,13,15-16H,1,11-12H2,2-9H3,(H2,23,25,26)/t15-,16+,22?/m0/s1. The summed E-state index contributed by atoms with van der Waals surface area (Å²) in [6.07, 6.45) is 3.77. The number of hydrogen-bond acceptors (Lipinski definition) is 7. The lowest BCUT2D eigenvalue weighted by atomic mass is 10.1. The predicted octanol–water partition coefficient (Wildman–Crippen LogP) is 3.79. The molecule has 1 aliphatic heterocycles. The number of nitrogens with two attached hydrogens (primary N) is 1. The van der Waals surface area contributed by atoms with E-state index in [4.69, 9.17) is 19.9 Å². The van der Waals surface area contributed by atoms with Gasteiger partial charge < -0.3 is 19.9 Å². The molecule has 3 heterocycles. The van der Waals surface area contributed by atoms with Crippen LogP contribution in [0.25, 0.3) is 17.2 Å². The van der Waals surface area contributed by atoms with Crippen LogP contribution in [0.2, 0.25) is 13.1 Å². The summed E-state index contributed by atoms with van der Waals surface area (Å²) in [6, 6.07) is 0. The summed E-state index contributed by atoms with van der Waals surface area (Å²) < 4.78 is 21.4. The summed E-state index contributed by atoms with van der Waals surface area (Å²) in [5, 5.41) is -0.611. The molecule has 2 aromatic rings. The van der Waals surface area contributed by atoms with Gasteiger partial charge in [-0.05, 0) is 47.6 Å². The van der Waals surface area contributed by atoms with Gasteiger partial charge in [0.2, 0.25) is 5.95 Å². The van der Waals surface area contributed by atoms with Crippen LogP contribution < -0.4 is 5.73 Å². The van der Waals surface area contributed by atoms with Crippen LogP contribution in [0.1, 0.15) is 53.7 Å². The molecule has 0 saturated carbocycles. The van der Waals surface area contributed by atoms with E-state index in [2.05, 4.69) is 55.4 Å². The number of nitrogens with zero attached hydrogens (tertiary/aromatic N) is 4. The summed E-state index contributed by atoms with van der Waals surface area (Å²) in [7, 11) is -1.05. The number of fused-ring (bicyclic) bond motifs is 1. The molecule has 2 aromatic heterocycles. The first-order chi connectivity index (χ1) is 14.3. The maximum atomic E-state index is 6.82. The third kappa shape index (κ3) is 5.00. The number of anilines is 1. The zero-order chi connectivity index (χ0) is 23.2. The molecule has 1 fully saturated rings. The van der Waals surface area contributed by atoms with Crippen LogP contribution in [0.4, 0.5) is 5.95 Å². The van der Waals surface area contributed by atoms with Crippen LogP contribution in [-0.2, 0) is 19.6 Å². The van der Waals surface area contributed by atoms with Crippen molar-refractivity contribution in [2.45, 2.75) is 89.8 Å². The Labute approximate surface area is 186 Å². The second kappa shape index (κ2) is 8.27. The molecule has 31 heavy (non-hydrogen) atoms. The number of nitrogen functional groups attached to an aromatic ring is 1. The molecule has 171 valence electrons. The molecule has 2 N–H and O–H groups in total. The molecule has 0 amide bonds. The monoisotopic (exact) mass is 446 g/mol. The lowest BCUT2D eigenvalue weighted by molar-refractivity contribution is -0.139. The molecule has 9 heteroatoms. The van der Waals surface area contributed by atoms with Crippen molar-refractivity contribution >= 4 is 32.0 Å². The van der Waals surface area contributed by atoms with E-state index in [1.54, 1.807) is 12.4 Å². The van der Waals surface area contributed by atoms with Crippen molar-refractivity contribution < 1.29 is 14.2 Å². The smallest absolute Gasteiger partial charge is 0.222 e. The number of aromatic nitrogens is 4. The van der Waals surface area contributed by atoms with Crippen molar-refractivity contribution in [1.82, 2.24) is 19.5 Å². The van der Waals surface area contributed by atoms with Crippen LogP contribution in [0.3, 0.4) is 0 Å². The summed E-state index contributed by atoms with van der Waals surface area (Å²) in [5.41, 5.74) is 7.35. The lowest BCUT2D eigenvalue weighted by Crippen LogP contribution is -2.45. The van der Waals surface area contributed by atoms with Gasteiger partial charge in [0.25, 0.3) is 0 Å². The number of imidazole rings is 1. The minimum absolute atomic E-state index is 0.127. The molecule has 0 bridgehead atoms. The molecule has 0 aromatic carbocycles. The molecular weight excluding hydrogens is 410 g/mol. The van der Waals surface area contributed by atoms with Gasteiger partial charge in [-0.2, -0.15) is 4.98 Å². The quantitative estimate of drug-likeness (QED) is 0.674. The molecule has 0 aliphatic carbocycles. The number of ether oxygens (including phenoxy) is 3. The van der Waals surface area contributed by atoms with E-state index in [0.29, 0.717) is 29.9 Å². The molecular formula is C22H36N5O3Si. The Balaban J connectivity index is 2.08. The molecule has 3 atom stereocenters. The van der Waals surface area contributed by atoms with Crippen molar-refractivity contribution in [1.29, 1.82) is 0 Å². The van der Waals surface area contributed by atoms with Crippen molar-refractivity contribution in [2.75, 3.05) is 12.3 Å². The topological polar surface area (TPSA) is 97.3 Å². The van der Waals surface area contributed by atoms with Gasteiger partial charge in [0.15, 0.2) is 5.65 Å². The van der Waals surface area contributed by atoms with Gasteiger partial charge in [-0.15, -0.1) is 0 Å². The minimum Gasteiger partial charge on any atom is -0.373 e. The third-order valence-corrected chi connectivity index (χ3v) is 7.35. The Kier molecular flexibility index (Phi) is 6.36. The Hall–Kier alpha value is -1.81. The SMILES string of the molecule is C=Cc1nc(N)nc2c1ncn2C1([Si](C)C)C[C@H](OC(C)(C)C)[C@@H](COC(C)(C)C)O1. The van der Waals surface area contributed by atoms with Crippen molar-refractivity contribution in [3.63, 3.8) is 0 Å². The third-order valence-electron chi connectivity index (χ3n) is 5.23. The van der Waals surface area contributed by atoms with Crippen LogP contribution in [0, 0.1) is 0 Å². The van der Waals surface area contributed by atoms with Gasteiger partial charge in [0, 0.05) is 6.42 Å². The first-order valence-electron chi connectivity index (χ1n) is 10.7. The highest BCUT2D eigenvalue weighted by Gasteiger charge is 2.52. The van der Waals surface area contributed by atoms with Gasteiger partial charge in [-0.3, -0.25) is 4.57 Å². The molecule has 1 radical (unpaired) electrons. The molecule has 1 aliphatic rings. The van der Waals surface area contributed by atoms with E-state index in [0.717, 1.165) is 0 Å². The fraction of sp³-hybridized carbons (Fsp3) is 0.682. The zero-order valence-corrected chi connectivity index (χ0v) is 21.0. The van der Waals surface area contributed by atoms with Crippen LogP contribution >= 0.6 is 0 Å². The van der Waals surface area contributed by atoms with Gasteiger partial charge in [-0.1, -0.05) is 19.7 Å². The Morgan fingerprint density at radius 3 is 2.48 bits per heavy atom. The maximum absolute atomic E-state index is 6.82. The fourth-order valence-corrected chi connectivity index (χ4v) is 5.53. The van der Waals surface area contributed by atoms with Crippen LogP contribution in [0.15, 0.2) is 12.9 Å². The number of hydrogen-bond donors (Lipinski definition) is 1. The largest absolute Gasteiger partial charge is 0.373 e. The zero-order valence-electron chi connectivity index (χ0n) is 20.0. The van der Waals surface area contributed by atoms with Crippen LogP contribution in [0.5, 0.6) is 0 Å². The van der Waals surface area contributed by atoms with E-state index in [-0.39, 0.29) is 29.4 Å². The van der Waals surface area contributed by atoms with Gasteiger partial charge in [-0.25, -0.2) is 9.97 Å². The first-order valence-corrected chi connectivity index (χ1v) is 13.2. The lowest BCUT2D eigenvalue weighted by Gasteiger charge is -2.34. The maximum Gasteiger partial charge on any atom is 0.222 e. The summed E-state index contributed by atoms with van der Waals surface area (Å²) in [5.74, 6) is 0.188. The molecule has 1 unspecified atom stereocenters. The minimum atomic E-state index is -1.05. The molecule has 8 nitrogen and oxygen atoms in total. The normalized spacial score (nSPS) is 24.9. The fourth-order valence-electron chi connectivity index (χ4n) is 3.89. The highest BCUT2D eigenvalue weighted by molar-refractivity contribution is 6.58. The van der Waals surface area contributed by atoms with E-state index in [1.165, 1.54) is 0 Å². The summed E-state index contributed by atoms with van der Waals surface area (Å²) in [6.45, 7) is 21.1. The van der Waals surface area contributed by atoms with E-state index in [9.17, 15) is 0 Å². The van der Waals surface area contributed by atoms with Crippen molar-refractivity contribution in [2.24, 2.45) is 0 Å². The Morgan fingerprint density at radius 2 is 1.94 bits per heavy atom. The molecule has 3 rings (SSSR count). The van der Waals surface area contributed by atoms with E-state index >= 15 is 0 Å². The van der Waals surface area contributed by atoms with Crippen molar-refractivity contribution in [3.05, 3.63) is 18.6 Å². The van der Waals surface area contributed by atoms with Gasteiger partial charge >= 0.3 is 0 Å². The van der Waals surface area contributed by atoms with Gasteiger partial charge in [0.1, 0.15) is 25.8 Å². The van der Waals surface area contributed by atoms with Gasteiger partial charge in [0.05, 0.1) is 35.9 Å². The first kappa shape index (κ1) is 23.8. The number of rotatable bonds is 6. The molecule has 0 spiro atoms. The highest BCUT2D eigenvalue weighted by Crippen LogP contribution is 2.42. The summed E-state index contributed by atoms with van der Waals surface area (Å²) >= 11 is 0. The average molecular weight is 447 g/mol. The Morgan fingerprint density at radius 1 is 1.26 bits per heavy atom. The summed E-state index contributed by atoms with van der Waals surface area (Å²) in [4.78, 5) is 13.4. The second-order valence-corrected chi connectivity index (χ2v) is 13.1. The van der Waals surface area contributed by atoms with E-state index in [1.807, 2.05) is 25.3 Å². The van der Waals surface area contributed by atoms with Crippen LogP contribution in [-0.4, -0.2) is 58.3 Å². The highest BCUT2D eigenvalue weighted by atomic mass is 28.3. The van der Waals surface area contributed by atoms with Crippen molar-refractivity contribution in [3.8, 4) is 0 Å². The predicted molar refractivity (Wildman–Crippen MR) is 125 cm³/mol. The Bertz CT molecular complexity index is 947. The average Bonchev–Trinajstić information content (AvgIpc) is 3.19. The molecule has 1 saturated heterocycles. The second-order valence-electron chi connectivity index (χ2n) is 10.3.